The maximum Gasteiger partial charge on any atom is 0.195 e. The third-order valence-corrected chi connectivity index (χ3v) is 4.61. The number of imidazole rings is 1. The maximum atomic E-state index is 5.90. The summed E-state index contributed by atoms with van der Waals surface area (Å²) in [6, 6.07) is 0. The molecule has 1 saturated heterocycles. The van der Waals surface area contributed by atoms with Crippen LogP contribution in [0.15, 0.2) is 11.6 Å². The second-order valence-corrected chi connectivity index (χ2v) is 5.90. The van der Waals surface area contributed by atoms with Crippen LogP contribution in [0.5, 0.6) is 0 Å². The third-order valence-electron chi connectivity index (χ3n) is 3.85. The van der Waals surface area contributed by atoms with Crippen molar-refractivity contribution in [1.29, 1.82) is 0 Å². The Bertz CT molecular complexity index is 542. The van der Waals surface area contributed by atoms with Crippen molar-refractivity contribution < 1.29 is 4.74 Å². The standard InChI is InChI=1S/C13H20N4OS/c1-18-9-10-2-4-16(5-3-10)12-11(8-14)17-6-7-19-13(17)15-12/h6-7,10H,2-5,8-9,14H2,1H3. The van der Waals surface area contributed by atoms with Crippen LogP contribution in [0.25, 0.3) is 4.96 Å². The van der Waals surface area contributed by atoms with Gasteiger partial charge in [0, 0.05) is 44.9 Å². The first-order valence-electron chi connectivity index (χ1n) is 6.72. The van der Waals surface area contributed by atoms with Gasteiger partial charge >= 0.3 is 0 Å². The highest BCUT2D eigenvalue weighted by atomic mass is 32.1. The number of nitrogens with zero attached hydrogens (tertiary/aromatic N) is 3. The number of nitrogens with two attached hydrogens (primary N) is 1. The molecule has 6 heteroatoms. The van der Waals surface area contributed by atoms with E-state index in [9.17, 15) is 0 Å². The quantitative estimate of drug-likeness (QED) is 0.926. The summed E-state index contributed by atoms with van der Waals surface area (Å²) in [5.41, 5.74) is 7.03. The van der Waals surface area contributed by atoms with Crippen LogP contribution in [0.2, 0.25) is 0 Å². The Morgan fingerprint density at radius 2 is 2.26 bits per heavy atom. The highest BCUT2D eigenvalue weighted by Gasteiger charge is 2.23. The summed E-state index contributed by atoms with van der Waals surface area (Å²) in [5, 5.41) is 2.05. The van der Waals surface area contributed by atoms with Crippen LogP contribution in [0.3, 0.4) is 0 Å². The van der Waals surface area contributed by atoms with Crippen LogP contribution in [0.1, 0.15) is 18.5 Å². The van der Waals surface area contributed by atoms with E-state index in [1.54, 1.807) is 18.4 Å². The number of ether oxygens (including phenoxy) is 1. The fourth-order valence-corrected chi connectivity index (χ4v) is 3.54. The van der Waals surface area contributed by atoms with E-state index in [4.69, 9.17) is 15.5 Å². The summed E-state index contributed by atoms with van der Waals surface area (Å²) in [7, 11) is 1.78. The van der Waals surface area contributed by atoms with E-state index in [1.165, 1.54) is 12.8 Å². The lowest BCUT2D eigenvalue weighted by molar-refractivity contribution is 0.139. The average Bonchev–Trinajstić information content (AvgIpc) is 3.00. The number of hydrogen-bond donors (Lipinski definition) is 1. The molecule has 0 aromatic carbocycles. The highest BCUT2D eigenvalue weighted by molar-refractivity contribution is 7.15. The second-order valence-electron chi connectivity index (χ2n) is 5.03. The van der Waals surface area contributed by atoms with Gasteiger partial charge in [0.1, 0.15) is 0 Å². The predicted molar refractivity (Wildman–Crippen MR) is 77.8 cm³/mol. The van der Waals surface area contributed by atoms with Crippen molar-refractivity contribution in [2.75, 3.05) is 31.7 Å². The second kappa shape index (κ2) is 5.48. The first-order valence-corrected chi connectivity index (χ1v) is 7.59. The molecule has 0 unspecified atom stereocenters. The molecule has 2 N–H and O–H groups in total. The summed E-state index contributed by atoms with van der Waals surface area (Å²) in [6.07, 6.45) is 4.39. The molecular weight excluding hydrogens is 260 g/mol. The zero-order valence-corrected chi connectivity index (χ0v) is 12.0. The fraction of sp³-hybridized carbons (Fsp3) is 0.615. The Kier molecular flexibility index (Phi) is 3.72. The molecule has 2 aromatic heterocycles. The minimum absolute atomic E-state index is 0.533. The highest BCUT2D eigenvalue weighted by Crippen LogP contribution is 2.28. The molecule has 3 heterocycles. The molecule has 104 valence electrons. The summed E-state index contributed by atoms with van der Waals surface area (Å²) < 4.78 is 7.36. The zero-order valence-electron chi connectivity index (χ0n) is 11.2. The molecule has 0 saturated carbocycles. The van der Waals surface area contributed by atoms with E-state index >= 15 is 0 Å². The van der Waals surface area contributed by atoms with Gasteiger partial charge < -0.3 is 15.4 Å². The number of fused-ring (bicyclic) bond motifs is 1. The third kappa shape index (κ3) is 2.35. The largest absolute Gasteiger partial charge is 0.384 e. The smallest absolute Gasteiger partial charge is 0.195 e. The summed E-state index contributed by atoms with van der Waals surface area (Å²) >= 11 is 1.66. The molecule has 0 amide bonds. The number of anilines is 1. The van der Waals surface area contributed by atoms with E-state index in [-0.39, 0.29) is 0 Å². The number of rotatable bonds is 4. The van der Waals surface area contributed by atoms with Crippen molar-refractivity contribution in [1.82, 2.24) is 9.38 Å². The molecule has 1 fully saturated rings. The van der Waals surface area contributed by atoms with Crippen molar-refractivity contribution in [3.05, 3.63) is 17.3 Å². The van der Waals surface area contributed by atoms with Crippen molar-refractivity contribution in [2.24, 2.45) is 11.7 Å². The van der Waals surface area contributed by atoms with E-state index in [0.29, 0.717) is 12.5 Å². The van der Waals surface area contributed by atoms with Crippen molar-refractivity contribution in [3.63, 3.8) is 0 Å². The Labute approximate surface area is 117 Å². The van der Waals surface area contributed by atoms with Gasteiger partial charge in [-0.2, -0.15) is 0 Å². The van der Waals surface area contributed by atoms with Gasteiger partial charge in [-0.1, -0.05) is 0 Å². The van der Waals surface area contributed by atoms with E-state index < -0.39 is 0 Å². The Balaban J connectivity index is 1.79. The van der Waals surface area contributed by atoms with Gasteiger partial charge in [0.05, 0.1) is 5.69 Å². The summed E-state index contributed by atoms with van der Waals surface area (Å²) in [5.74, 6) is 1.76. The van der Waals surface area contributed by atoms with Crippen LogP contribution in [-0.4, -0.2) is 36.2 Å². The lowest BCUT2D eigenvalue weighted by Gasteiger charge is -2.32. The van der Waals surface area contributed by atoms with Crippen molar-refractivity contribution in [3.8, 4) is 0 Å². The topological polar surface area (TPSA) is 55.8 Å². The van der Waals surface area contributed by atoms with Crippen LogP contribution >= 0.6 is 11.3 Å². The number of hydrogen-bond acceptors (Lipinski definition) is 5. The molecule has 19 heavy (non-hydrogen) atoms. The van der Waals surface area contributed by atoms with Gasteiger partial charge in [0.15, 0.2) is 10.8 Å². The summed E-state index contributed by atoms with van der Waals surface area (Å²) in [6.45, 7) is 3.50. The Morgan fingerprint density at radius 1 is 1.47 bits per heavy atom. The van der Waals surface area contributed by atoms with Gasteiger partial charge in [-0.3, -0.25) is 4.40 Å². The number of methoxy groups -OCH3 is 1. The molecule has 1 aliphatic heterocycles. The molecule has 0 aliphatic carbocycles. The Hall–Kier alpha value is -1.11. The van der Waals surface area contributed by atoms with Gasteiger partial charge in [-0.05, 0) is 18.8 Å². The summed E-state index contributed by atoms with van der Waals surface area (Å²) in [4.78, 5) is 8.14. The molecule has 0 radical (unpaired) electrons. The maximum absolute atomic E-state index is 5.90. The first kappa shape index (κ1) is 12.9. The zero-order chi connectivity index (χ0) is 13.2. The van der Waals surface area contributed by atoms with Crippen LogP contribution in [-0.2, 0) is 11.3 Å². The normalized spacial score (nSPS) is 17.5. The minimum Gasteiger partial charge on any atom is -0.384 e. The lowest BCUT2D eigenvalue weighted by atomic mass is 9.98. The fourth-order valence-electron chi connectivity index (χ4n) is 2.81. The SMILES string of the molecule is COCC1CCN(c2nc3sccn3c2CN)CC1. The molecular formula is C13H20N4OS. The van der Waals surface area contributed by atoms with Crippen LogP contribution in [0, 0.1) is 5.92 Å². The predicted octanol–water partition coefficient (Wildman–Crippen LogP) is 1.72. The molecule has 5 nitrogen and oxygen atoms in total. The molecule has 0 bridgehead atoms. The number of piperidine rings is 1. The number of aromatic nitrogens is 2. The molecule has 2 aromatic rings. The van der Waals surface area contributed by atoms with Gasteiger partial charge in [-0.15, -0.1) is 11.3 Å². The molecule has 3 rings (SSSR count). The first-order chi connectivity index (χ1) is 9.33. The molecule has 1 aliphatic rings. The number of thiazole rings is 1. The monoisotopic (exact) mass is 280 g/mol. The molecule has 0 spiro atoms. The van der Waals surface area contributed by atoms with Crippen LogP contribution < -0.4 is 10.6 Å². The van der Waals surface area contributed by atoms with Crippen LogP contribution in [0.4, 0.5) is 5.82 Å². The van der Waals surface area contributed by atoms with Gasteiger partial charge in [0.25, 0.3) is 0 Å². The van der Waals surface area contributed by atoms with E-state index in [2.05, 4.69) is 20.9 Å². The Morgan fingerprint density at radius 3 is 2.95 bits per heavy atom. The van der Waals surface area contributed by atoms with Gasteiger partial charge in [0.2, 0.25) is 0 Å². The minimum atomic E-state index is 0.533. The van der Waals surface area contributed by atoms with Crippen molar-refractivity contribution in [2.45, 2.75) is 19.4 Å². The van der Waals surface area contributed by atoms with E-state index in [1.807, 2.05) is 0 Å². The molecule has 0 atom stereocenters. The van der Waals surface area contributed by atoms with Crippen molar-refractivity contribution >= 4 is 22.1 Å². The average molecular weight is 280 g/mol. The van der Waals surface area contributed by atoms with Gasteiger partial charge in [-0.25, -0.2) is 4.98 Å². The van der Waals surface area contributed by atoms with E-state index in [0.717, 1.165) is 36.2 Å². The lowest BCUT2D eigenvalue weighted by Crippen LogP contribution is -2.36.